The molecule has 0 aromatic carbocycles. The van der Waals surface area contributed by atoms with Crippen LogP contribution in [0.2, 0.25) is 0 Å². The fraction of sp³-hybridized carbons (Fsp3) is 0.294. The van der Waals surface area contributed by atoms with E-state index in [-0.39, 0.29) is 5.56 Å². The van der Waals surface area contributed by atoms with E-state index in [2.05, 4.69) is 27.4 Å². The highest BCUT2D eigenvalue weighted by Gasteiger charge is 2.26. The average molecular weight is 320 g/mol. The zero-order valence-corrected chi connectivity index (χ0v) is 13.2. The van der Waals surface area contributed by atoms with Gasteiger partial charge >= 0.3 is 0 Å². The summed E-state index contributed by atoms with van der Waals surface area (Å²) >= 11 is 0. The van der Waals surface area contributed by atoms with Crippen molar-refractivity contribution in [1.29, 1.82) is 0 Å². The molecule has 1 saturated carbocycles. The SMILES string of the molecule is Cn1cc2c(n1)c(=O)n(Cc1ccn[nH]1)c1nc(C3CC3)ccc21. The molecule has 1 N–H and O–H groups in total. The third-order valence-electron chi connectivity index (χ3n) is 4.60. The summed E-state index contributed by atoms with van der Waals surface area (Å²) in [6.45, 7) is 0.406. The molecule has 1 fully saturated rings. The molecule has 0 radical (unpaired) electrons. The van der Waals surface area contributed by atoms with E-state index < -0.39 is 0 Å². The number of aromatic nitrogens is 6. The Morgan fingerprint density at radius 2 is 2.12 bits per heavy atom. The number of aryl methyl sites for hydroxylation is 1. The number of aromatic amines is 1. The van der Waals surface area contributed by atoms with E-state index in [1.807, 2.05) is 19.3 Å². The third kappa shape index (κ3) is 1.97. The predicted octanol–water partition coefficient (Wildman–Crippen LogP) is 1.93. The van der Waals surface area contributed by atoms with Crippen molar-refractivity contribution in [3.63, 3.8) is 0 Å². The number of hydrogen-bond donors (Lipinski definition) is 1. The molecule has 7 heteroatoms. The number of rotatable bonds is 3. The predicted molar refractivity (Wildman–Crippen MR) is 89.9 cm³/mol. The summed E-state index contributed by atoms with van der Waals surface area (Å²) in [7, 11) is 1.83. The van der Waals surface area contributed by atoms with E-state index in [0.717, 1.165) is 27.8 Å². The highest BCUT2D eigenvalue weighted by molar-refractivity contribution is 6.02. The maximum Gasteiger partial charge on any atom is 0.280 e. The standard InChI is InChI=1S/C17H16N6O/c1-22-9-13-12-4-5-14(10-2-3-10)19-16(12)23(17(24)15(13)21-22)8-11-6-7-18-20-11/h4-7,9-10H,2-3,8H2,1H3,(H,18,20). The van der Waals surface area contributed by atoms with Gasteiger partial charge < -0.3 is 0 Å². The van der Waals surface area contributed by atoms with Gasteiger partial charge in [0.25, 0.3) is 5.56 Å². The molecule has 0 atom stereocenters. The van der Waals surface area contributed by atoms with Crippen LogP contribution in [0.1, 0.15) is 30.1 Å². The largest absolute Gasteiger partial charge is 0.285 e. The second-order valence-corrected chi connectivity index (χ2v) is 6.42. The smallest absolute Gasteiger partial charge is 0.280 e. The molecule has 0 aliphatic heterocycles. The Morgan fingerprint density at radius 1 is 1.25 bits per heavy atom. The van der Waals surface area contributed by atoms with Crippen molar-refractivity contribution in [2.24, 2.45) is 7.05 Å². The molecule has 4 aromatic heterocycles. The van der Waals surface area contributed by atoms with Gasteiger partial charge in [-0.15, -0.1) is 0 Å². The maximum atomic E-state index is 13.0. The first-order valence-electron chi connectivity index (χ1n) is 8.06. The van der Waals surface area contributed by atoms with Crippen molar-refractivity contribution >= 4 is 21.9 Å². The lowest BCUT2D eigenvalue weighted by Crippen LogP contribution is -2.23. The Balaban J connectivity index is 1.85. The van der Waals surface area contributed by atoms with Crippen LogP contribution in [0.25, 0.3) is 21.9 Å². The Hall–Kier alpha value is -2.96. The van der Waals surface area contributed by atoms with Gasteiger partial charge in [0.15, 0.2) is 5.52 Å². The van der Waals surface area contributed by atoms with Crippen molar-refractivity contribution in [2.45, 2.75) is 25.3 Å². The van der Waals surface area contributed by atoms with Crippen LogP contribution < -0.4 is 5.56 Å². The molecule has 0 bridgehead atoms. The van der Waals surface area contributed by atoms with Crippen LogP contribution >= 0.6 is 0 Å². The molecule has 24 heavy (non-hydrogen) atoms. The molecule has 4 heterocycles. The maximum absolute atomic E-state index is 13.0. The van der Waals surface area contributed by atoms with Gasteiger partial charge in [-0.3, -0.25) is 19.1 Å². The lowest BCUT2D eigenvalue weighted by molar-refractivity contribution is 0.747. The topological polar surface area (TPSA) is 81.4 Å². The minimum Gasteiger partial charge on any atom is -0.285 e. The second kappa shape index (κ2) is 4.77. The number of H-pyrrole nitrogens is 1. The first-order valence-corrected chi connectivity index (χ1v) is 8.06. The Bertz CT molecular complexity index is 1120. The van der Waals surface area contributed by atoms with Crippen LogP contribution in [0.15, 0.2) is 35.4 Å². The molecule has 0 amide bonds. The van der Waals surface area contributed by atoms with Gasteiger partial charge in [0.05, 0.1) is 12.2 Å². The van der Waals surface area contributed by atoms with Crippen LogP contribution in [0.5, 0.6) is 0 Å². The lowest BCUT2D eigenvalue weighted by Gasteiger charge is -2.10. The summed E-state index contributed by atoms with van der Waals surface area (Å²) < 4.78 is 3.38. The first kappa shape index (κ1) is 13.5. The van der Waals surface area contributed by atoms with E-state index in [9.17, 15) is 4.79 Å². The second-order valence-electron chi connectivity index (χ2n) is 6.42. The molecule has 0 unspecified atom stereocenters. The van der Waals surface area contributed by atoms with Gasteiger partial charge in [-0.2, -0.15) is 10.2 Å². The summed E-state index contributed by atoms with van der Waals surface area (Å²) in [6.07, 6.45) is 5.93. The fourth-order valence-electron chi connectivity index (χ4n) is 3.24. The summed E-state index contributed by atoms with van der Waals surface area (Å²) in [5.74, 6) is 0.537. The molecule has 0 spiro atoms. The van der Waals surface area contributed by atoms with Crippen LogP contribution in [0, 0.1) is 0 Å². The minimum atomic E-state index is -0.117. The van der Waals surface area contributed by atoms with Crippen LogP contribution in [-0.2, 0) is 13.6 Å². The molecule has 0 saturated heterocycles. The number of hydrogen-bond acceptors (Lipinski definition) is 4. The van der Waals surface area contributed by atoms with E-state index >= 15 is 0 Å². The van der Waals surface area contributed by atoms with E-state index in [1.165, 1.54) is 12.8 Å². The van der Waals surface area contributed by atoms with Crippen molar-refractivity contribution < 1.29 is 0 Å². The van der Waals surface area contributed by atoms with Crippen LogP contribution in [-0.4, -0.2) is 29.5 Å². The molecule has 5 rings (SSSR count). The number of nitrogens with one attached hydrogen (secondary N) is 1. The van der Waals surface area contributed by atoms with Gasteiger partial charge in [0.2, 0.25) is 0 Å². The Morgan fingerprint density at radius 3 is 2.88 bits per heavy atom. The van der Waals surface area contributed by atoms with Gasteiger partial charge in [0.1, 0.15) is 5.65 Å². The Kier molecular flexibility index (Phi) is 2.68. The van der Waals surface area contributed by atoms with Gasteiger partial charge in [-0.05, 0) is 31.0 Å². The zero-order valence-electron chi connectivity index (χ0n) is 13.2. The minimum absolute atomic E-state index is 0.117. The van der Waals surface area contributed by atoms with Gasteiger partial charge in [0, 0.05) is 41.8 Å². The molecule has 7 nitrogen and oxygen atoms in total. The molecule has 120 valence electrons. The normalized spacial score (nSPS) is 14.7. The summed E-state index contributed by atoms with van der Waals surface area (Å²) in [6, 6.07) is 6.02. The summed E-state index contributed by atoms with van der Waals surface area (Å²) in [5, 5.41) is 13.1. The quantitative estimate of drug-likeness (QED) is 0.625. The highest BCUT2D eigenvalue weighted by Crippen LogP contribution is 2.39. The Labute approximate surface area is 136 Å². The highest BCUT2D eigenvalue weighted by atomic mass is 16.1. The van der Waals surface area contributed by atoms with Crippen molar-refractivity contribution in [3.05, 3.63) is 52.3 Å². The van der Waals surface area contributed by atoms with E-state index in [1.54, 1.807) is 15.4 Å². The van der Waals surface area contributed by atoms with E-state index in [0.29, 0.717) is 18.0 Å². The van der Waals surface area contributed by atoms with Crippen LogP contribution in [0.4, 0.5) is 0 Å². The fourth-order valence-corrected chi connectivity index (χ4v) is 3.24. The monoisotopic (exact) mass is 320 g/mol. The third-order valence-corrected chi connectivity index (χ3v) is 4.60. The molecule has 1 aliphatic rings. The molecule has 4 aromatic rings. The van der Waals surface area contributed by atoms with Crippen molar-refractivity contribution in [3.8, 4) is 0 Å². The summed E-state index contributed by atoms with van der Waals surface area (Å²) in [4.78, 5) is 17.8. The zero-order chi connectivity index (χ0) is 16.3. The molecular weight excluding hydrogens is 304 g/mol. The van der Waals surface area contributed by atoms with Crippen molar-refractivity contribution in [1.82, 2.24) is 29.5 Å². The van der Waals surface area contributed by atoms with Crippen LogP contribution in [0.3, 0.4) is 0 Å². The molecular formula is C17H16N6O. The summed E-state index contributed by atoms with van der Waals surface area (Å²) in [5.41, 5.74) is 3.02. The number of fused-ring (bicyclic) bond motifs is 3. The van der Waals surface area contributed by atoms with Gasteiger partial charge in [-0.1, -0.05) is 0 Å². The van der Waals surface area contributed by atoms with Gasteiger partial charge in [-0.25, -0.2) is 4.98 Å². The first-order chi connectivity index (χ1) is 11.7. The lowest BCUT2D eigenvalue weighted by atomic mass is 10.1. The number of nitrogens with zero attached hydrogens (tertiary/aromatic N) is 5. The average Bonchev–Trinajstić information content (AvgIpc) is 3.16. The van der Waals surface area contributed by atoms with Crippen molar-refractivity contribution in [2.75, 3.05) is 0 Å². The molecule has 1 aliphatic carbocycles. The van der Waals surface area contributed by atoms with E-state index in [4.69, 9.17) is 4.98 Å². The number of pyridine rings is 2.